The highest BCUT2D eigenvalue weighted by Gasteiger charge is 2.46. The Balaban J connectivity index is 1.43. The molecule has 1 fully saturated rings. The van der Waals surface area contributed by atoms with Crippen LogP contribution in [0, 0.1) is 5.82 Å². The molecule has 1 aliphatic carbocycles. The molecule has 1 aliphatic heterocycles. The van der Waals surface area contributed by atoms with E-state index in [1.807, 2.05) is 19.0 Å². The lowest BCUT2D eigenvalue weighted by atomic mass is 9.73. The summed E-state index contributed by atoms with van der Waals surface area (Å²) in [5.74, 6) is -0.193. The molecule has 6 heteroatoms. The molecule has 1 spiro atoms. The summed E-state index contributed by atoms with van der Waals surface area (Å²) in [6, 6.07) is 14.4. The molecule has 2 aromatic carbocycles. The zero-order chi connectivity index (χ0) is 22.7. The molecule has 4 rings (SSSR count). The molecule has 0 radical (unpaired) electrons. The molecule has 0 unspecified atom stereocenters. The number of piperidine rings is 1. The monoisotopic (exact) mass is 437 g/mol. The highest BCUT2D eigenvalue weighted by molar-refractivity contribution is 5.94. The number of rotatable bonds is 6. The molecule has 32 heavy (non-hydrogen) atoms. The van der Waals surface area contributed by atoms with Crippen LogP contribution in [0.4, 0.5) is 4.39 Å². The van der Waals surface area contributed by atoms with Crippen molar-refractivity contribution in [3.05, 3.63) is 71.0 Å². The van der Waals surface area contributed by atoms with Crippen LogP contribution in [0.3, 0.4) is 0 Å². The first-order valence-corrected chi connectivity index (χ1v) is 11.4. The second-order valence-corrected chi connectivity index (χ2v) is 9.43. The van der Waals surface area contributed by atoms with Gasteiger partial charge in [-0.1, -0.05) is 30.3 Å². The molecule has 1 N–H and O–H groups in total. The molecule has 0 aromatic heterocycles. The predicted octanol–water partition coefficient (Wildman–Crippen LogP) is 3.55. The summed E-state index contributed by atoms with van der Waals surface area (Å²) < 4.78 is 13.6. The number of carbonyl (C=O) groups is 2. The zero-order valence-corrected chi connectivity index (χ0v) is 18.9. The van der Waals surface area contributed by atoms with Gasteiger partial charge in [-0.2, -0.15) is 0 Å². The van der Waals surface area contributed by atoms with Crippen molar-refractivity contribution in [3.8, 4) is 0 Å². The van der Waals surface area contributed by atoms with E-state index in [4.69, 9.17) is 0 Å². The second kappa shape index (κ2) is 9.41. The highest BCUT2D eigenvalue weighted by Crippen LogP contribution is 2.52. The number of hydrogen-bond acceptors (Lipinski definition) is 3. The number of nitrogens with zero attached hydrogens (tertiary/aromatic N) is 2. The molecule has 1 atom stereocenters. The quantitative estimate of drug-likeness (QED) is 0.752. The van der Waals surface area contributed by atoms with Crippen LogP contribution in [0.25, 0.3) is 0 Å². The number of fused-ring (bicyclic) bond motifs is 2. The number of halogens is 1. The minimum atomic E-state index is -0.388. The van der Waals surface area contributed by atoms with Crippen molar-refractivity contribution in [1.29, 1.82) is 0 Å². The Hall–Kier alpha value is -2.73. The van der Waals surface area contributed by atoms with Gasteiger partial charge < -0.3 is 15.1 Å². The van der Waals surface area contributed by atoms with Gasteiger partial charge in [-0.3, -0.25) is 9.59 Å². The largest absolute Gasteiger partial charge is 0.355 e. The van der Waals surface area contributed by atoms with E-state index >= 15 is 0 Å². The van der Waals surface area contributed by atoms with Crippen LogP contribution in [0.2, 0.25) is 0 Å². The van der Waals surface area contributed by atoms with Crippen LogP contribution in [-0.4, -0.2) is 61.9 Å². The van der Waals surface area contributed by atoms with E-state index in [-0.39, 0.29) is 29.0 Å². The van der Waals surface area contributed by atoms with E-state index < -0.39 is 0 Å². The fourth-order valence-corrected chi connectivity index (χ4v) is 5.34. The average Bonchev–Trinajstić information content (AvgIpc) is 3.06. The van der Waals surface area contributed by atoms with Crippen molar-refractivity contribution in [2.24, 2.45) is 0 Å². The molecule has 1 heterocycles. The summed E-state index contributed by atoms with van der Waals surface area (Å²) in [6.45, 7) is 2.77. The van der Waals surface area contributed by atoms with Crippen molar-refractivity contribution in [2.45, 2.75) is 37.0 Å². The van der Waals surface area contributed by atoms with Crippen LogP contribution in [0.15, 0.2) is 48.5 Å². The number of likely N-dealkylation sites (tertiary alicyclic amines) is 1. The van der Waals surface area contributed by atoms with Crippen molar-refractivity contribution < 1.29 is 14.0 Å². The number of amides is 2. The van der Waals surface area contributed by atoms with Gasteiger partial charge >= 0.3 is 0 Å². The summed E-state index contributed by atoms with van der Waals surface area (Å²) in [5, 5.41) is 3.04. The maximum atomic E-state index is 13.6. The Bertz CT molecular complexity index is 983. The number of carbonyl (C=O) groups excluding carboxylic acids is 2. The average molecular weight is 438 g/mol. The SMILES string of the molecule is CN(C)CCNC(=O)C[C@@H]1CC2(CCN(C(=O)c3cccc(F)c3)CC2)c2ccccc21. The second-order valence-electron chi connectivity index (χ2n) is 9.43. The first-order valence-electron chi connectivity index (χ1n) is 11.4. The Morgan fingerprint density at radius 3 is 2.59 bits per heavy atom. The molecule has 2 aliphatic rings. The summed E-state index contributed by atoms with van der Waals surface area (Å²) in [7, 11) is 3.99. The minimum absolute atomic E-state index is 0.00386. The number of benzene rings is 2. The van der Waals surface area contributed by atoms with Gasteiger partial charge in [-0.15, -0.1) is 0 Å². The van der Waals surface area contributed by atoms with Crippen molar-refractivity contribution in [3.63, 3.8) is 0 Å². The Morgan fingerprint density at radius 2 is 1.88 bits per heavy atom. The maximum Gasteiger partial charge on any atom is 0.253 e. The molecule has 0 saturated carbocycles. The minimum Gasteiger partial charge on any atom is -0.355 e. The van der Waals surface area contributed by atoms with Gasteiger partial charge in [0.15, 0.2) is 0 Å². The third-order valence-electron chi connectivity index (χ3n) is 7.00. The summed E-state index contributed by atoms with van der Waals surface area (Å²) in [6.07, 6.45) is 3.17. The van der Waals surface area contributed by atoms with Crippen LogP contribution in [0.5, 0.6) is 0 Å². The fourth-order valence-electron chi connectivity index (χ4n) is 5.34. The molecule has 170 valence electrons. The van der Waals surface area contributed by atoms with E-state index in [0.717, 1.165) is 25.8 Å². The van der Waals surface area contributed by atoms with Gasteiger partial charge in [0.25, 0.3) is 5.91 Å². The summed E-state index contributed by atoms with van der Waals surface area (Å²) in [4.78, 5) is 29.3. The standard InChI is InChI=1S/C26H32FN3O2/c1-29(2)15-12-28-24(31)17-20-18-26(23-9-4-3-8-22(20)23)10-13-30(14-11-26)25(32)19-6-5-7-21(27)16-19/h3-9,16,20H,10-15,17-18H2,1-2H3,(H,28,31)/t20-/m1/s1. The van der Waals surface area contributed by atoms with E-state index in [2.05, 4.69) is 34.5 Å². The van der Waals surface area contributed by atoms with Crippen molar-refractivity contribution >= 4 is 11.8 Å². The summed E-state index contributed by atoms with van der Waals surface area (Å²) >= 11 is 0. The zero-order valence-electron chi connectivity index (χ0n) is 18.9. The maximum absolute atomic E-state index is 13.6. The number of nitrogens with one attached hydrogen (secondary N) is 1. The first kappa shape index (κ1) is 22.5. The van der Waals surface area contributed by atoms with E-state index in [1.54, 1.807) is 12.1 Å². The summed E-state index contributed by atoms with van der Waals surface area (Å²) in [5.41, 5.74) is 3.02. The number of hydrogen-bond donors (Lipinski definition) is 1. The topological polar surface area (TPSA) is 52.7 Å². The van der Waals surface area contributed by atoms with Gasteiger partial charge in [0.05, 0.1) is 0 Å². The highest BCUT2D eigenvalue weighted by atomic mass is 19.1. The smallest absolute Gasteiger partial charge is 0.253 e. The first-order chi connectivity index (χ1) is 15.4. The Kier molecular flexibility index (Phi) is 6.60. The van der Waals surface area contributed by atoms with Crippen molar-refractivity contribution in [2.75, 3.05) is 40.3 Å². The van der Waals surface area contributed by atoms with E-state index in [0.29, 0.717) is 31.6 Å². The van der Waals surface area contributed by atoms with Crippen molar-refractivity contribution in [1.82, 2.24) is 15.1 Å². The van der Waals surface area contributed by atoms with Crippen LogP contribution < -0.4 is 5.32 Å². The van der Waals surface area contributed by atoms with E-state index in [9.17, 15) is 14.0 Å². The fraction of sp³-hybridized carbons (Fsp3) is 0.462. The van der Waals surface area contributed by atoms with Gasteiger partial charge in [0.1, 0.15) is 5.82 Å². The molecule has 0 bridgehead atoms. The van der Waals surface area contributed by atoms with Crippen LogP contribution >= 0.6 is 0 Å². The lowest BCUT2D eigenvalue weighted by Gasteiger charge is -2.40. The lowest BCUT2D eigenvalue weighted by molar-refractivity contribution is -0.121. The normalized spacial score (nSPS) is 19.2. The van der Waals surface area contributed by atoms with Crippen LogP contribution in [0.1, 0.15) is 53.1 Å². The third kappa shape index (κ3) is 4.70. The van der Waals surface area contributed by atoms with E-state index in [1.165, 1.54) is 23.3 Å². The number of likely N-dealkylation sites (N-methyl/N-ethyl adjacent to an activating group) is 1. The molecule has 2 amide bonds. The van der Waals surface area contributed by atoms with Crippen LogP contribution in [-0.2, 0) is 10.2 Å². The van der Waals surface area contributed by atoms with Gasteiger partial charge in [-0.05, 0) is 74.0 Å². The molecule has 2 aromatic rings. The molecule has 5 nitrogen and oxygen atoms in total. The third-order valence-corrected chi connectivity index (χ3v) is 7.00. The molecular weight excluding hydrogens is 405 g/mol. The van der Waals surface area contributed by atoms with Gasteiger partial charge in [0.2, 0.25) is 5.91 Å². The Labute approximate surface area is 189 Å². The predicted molar refractivity (Wildman–Crippen MR) is 123 cm³/mol. The molecular formula is C26H32FN3O2. The van der Waals surface area contributed by atoms with Gasteiger partial charge in [-0.25, -0.2) is 4.39 Å². The lowest BCUT2D eigenvalue weighted by Crippen LogP contribution is -2.44. The Morgan fingerprint density at radius 1 is 1.12 bits per heavy atom. The molecule has 1 saturated heterocycles. The van der Waals surface area contributed by atoms with Gasteiger partial charge in [0, 0.05) is 38.2 Å².